The Kier molecular flexibility index (Phi) is 3.54. The third kappa shape index (κ3) is 2.34. The van der Waals surface area contributed by atoms with E-state index in [0.717, 1.165) is 34.7 Å². The Balaban J connectivity index is 1.92. The summed E-state index contributed by atoms with van der Waals surface area (Å²) in [6.07, 6.45) is 0.901. The van der Waals surface area contributed by atoms with Gasteiger partial charge >= 0.3 is 5.97 Å². The van der Waals surface area contributed by atoms with E-state index in [2.05, 4.69) is 4.98 Å². The molecule has 1 aromatic heterocycles. The van der Waals surface area contributed by atoms with Gasteiger partial charge in [0.25, 0.3) is 0 Å². The molecule has 0 aliphatic carbocycles. The maximum atomic E-state index is 11.7. The van der Waals surface area contributed by atoms with Crippen LogP contribution in [0.2, 0.25) is 0 Å². The highest BCUT2D eigenvalue weighted by Gasteiger charge is 2.33. The molecule has 3 rings (SSSR count). The van der Waals surface area contributed by atoms with Gasteiger partial charge in [0.2, 0.25) is 0 Å². The molecule has 0 spiro atoms. The number of carboxylic acids is 1. The fourth-order valence-electron chi connectivity index (χ4n) is 2.74. The Morgan fingerprint density at radius 3 is 3.00 bits per heavy atom. The van der Waals surface area contributed by atoms with E-state index in [0.29, 0.717) is 6.54 Å². The largest absolute Gasteiger partial charge is 0.480 e. The van der Waals surface area contributed by atoms with Crippen molar-refractivity contribution in [2.75, 3.05) is 6.54 Å². The van der Waals surface area contributed by atoms with Crippen LogP contribution in [0.5, 0.6) is 0 Å². The summed E-state index contributed by atoms with van der Waals surface area (Å²) in [4.78, 5) is 19.1. The Hall–Kier alpha value is -1.72. The molecule has 4 nitrogen and oxygen atoms in total. The third-order valence-electron chi connectivity index (χ3n) is 3.81. The zero-order valence-corrected chi connectivity index (χ0v) is 12.1. The lowest BCUT2D eigenvalue weighted by atomic mass is 9.92. The first-order valence-electron chi connectivity index (χ1n) is 6.60. The fourth-order valence-corrected chi connectivity index (χ4v) is 3.54. The van der Waals surface area contributed by atoms with Crippen molar-refractivity contribution in [2.45, 2.75) is 25.9 Å². The normalized spacial score (nSPS) is 18.8. The number of thiazole rings is 1. The topological polar surface area (TPSA) is 53.4 Å². The van der Waals surface area contributed by atoms with Crippen molar-refractivity contribution in [3.05, 3.63) is 51.5 Å². The second-order valence-corrected chi connectivity index (χ2v) is 5.96. The lowest BCUT2D eigenvalue weighted by molar-refractivity contribution is -0.144. The van der Waals surface area contributed by atoms with Crippen LogP contribution in [0.25, 0.3) is 0 Å². The van der Waals surface area contributed by atoms with E-state index in [9.17, 15) is 9.90 Å². The SMILES string of the molecule is Cc1ncsc1CN1CCc2ccccc2C1C(=O)O. The minimum atomic E-state index is -0.778. The van der Waals surface area contributed by atoms with Crippen LogP contribution in [-0.2, 0) is 17.8 Å². The monoisotopic (exact) mass is 288 g/mol. The summed E-state index contributed by atoms with van der Waals surface area (Å²) in [5.74, 6) is -0.778. The van der Waals surface area contributed by atoms with Gasteiger partial charge in [-0.3, -0.25) is 9.69 Å². The molecule has 0 saturated carbocycles. The van der Waals surface area contributed by atoms with Gasteiger partial charge in [0.1, 0.15) is 6.04 Å². The fraction of sp³-hybridized carbons (Fsp3) is 0.333. The van der Waals surface area contributed by atoms with Crippen molar-refractivity contribution in [3.8, 4) is 0 Å². The van der Waals surface area contributed by atoms with Crippen molar-refractivity contribution < 1.29 is 9.90 Å². The van der Waals surface area contributed by atoms with Crippen molar-refractivity contribution in [2.24, 2.45) is 0 Å². The predicted octanol–water partition coefficient (Wildman–Crippen LogP) is 2.64. The van der Waals surface area contributed by atoms with Gasteiger partial charge in [0.15, 0.2) is 0 Å². The molecule has 5 heteroatoms. The average molecular weight is 288 g/mol. The predicted molar refractivity (Wildman–Crippen MR) is 77.8 cm³/mol. The Bertz CT molecular complexity index is 638. The van der Waals surface area contributed by atoms with E-state index in [1.807, 2.05) is 41.6 Å². The highest BCUT2D eigenvalue weighted by atomic mass is 32.1. The van der Waals surface area contributed by atoms with Crippen molar-refractivity contribution in [1.82, 2.24) is 9.88 Å². The molecule has 2 heterocycles. The lowest BCUT2D eigenvalue weighted by Gasteiger charge is -2.34. The van der Waals surface area contributed by atoms with Crippen LogP contribution in [0.3, 0.4) is 0 Å². The first kappa shape index (κ1) is 13.3. The van der Waals surface area contributed by atoms with Gasteiger partial charge in [-0.15, -0.1) is 11.3 Å². The van der Waals surface area contributed by atoms with E-state index in [4.69, 9.17) is 0 Å². The molecule has 2 aromatic rings. The van der Waals surface area contributed by atoms with E-state index in [-0.39, 0.29) is 0 Å². The van der Waals surface area contributed by atoms with Crippen LogP contribution < -0.4 is 0 Å². The summed E-state index contributed by atoms with van der Waals surface area (Å²) in [5, 5.41) is 9.60. The number of benzene rings is 1. The van der Waals surface area contributed by atoms with Crippen LogP contribution in [0, 0.1) is 6.92 Å². The second-order valence-electron chi connectivity index (χ2n) is 5.02. The Morgan fingerprint density at radius 2 is 2.30 bits per heavy atom. The smallest absolute Gasteiger partial charge is 0.325 e. The molecule has 0 bridgehead atoms. The van der Waals surface area contributed by atoms with E-state index >= 15 is 0 Å². The number of aliphatic carboxylic acids is 1. The third-order valence-corrected chi connectivity index (χ3v) is 4.73. The molecule has 0 radical (unpaired) electrons. The molecule has 1 unspecified atom stereocenters. The van der Waals surface area contributed by atoms with Crippen LogP contribution >= 0.6 is 11.3 Å². The molecule has 1 aliphatic heterocycles. The molecule has 1 N–H and O–H groups in total. The van der Waals surface area contributed by atoms with E-state index in [1.165, 1.54) is 0 Å². The Morgan fingerprint density at radius 1 is 1.50 bits per heavy atom. The minimum absolute atomic E-state index is 0.554. The summed E-state index contributed by atoms with van der Waals surface area (Å²) < 4.78 is 0. The van der Waals surface area contributed by atoms with Gasteiger partial charge in [0.05, 0.1) is 11.2 Å². The zero-order chi connectivity index (χ0) is 14.1. The number of hydrogen-bond donors (Lipinski definition) is 1. The second kappa shape index (κ2) is 5.34. The van der Waals surface area contributed by atoms with Crippen LogP contribution in [0.1, 0.15) is 27.7 Å². The summed E-state index contributed by atoms with van der Waals surface area (Å²) in [6.45, 7) is 3.40. The molecular weight excluding hydrogens is 272 g/mol. The number of hydrogen-bond acceptors (Lipinski definition) is 4. The zero-order valence-electron chi connectivity index (χ0n) is 11.2. The number of aromatic nitrogens is 1. The highest BCUT2D eigenvalue weighted by Crippen LogP contribution is 2.32. The Labute approximate surface area is 121 Å². The first-order valence-corrected chi connectivity index (χ1v) is 7.48. The number of nitrogens with zero attached hydrogens (tertiary/aromatic N) is 2. The summed E-state index contributed by atoms with van der Waals surface area (Å²) >= 11 is 1.59. The van der Waals surface area contributed by atoms with Crippen molar-refractivity contribution in [3.63, 3.8) is 0 Å². The van der Waals surface area contributed by atoms with Crippen LogP contribution in [0.4, 0.5) is 0 Å². The average Bonchev–Trinajstić information content (AvgIpc) is 2.83. The maximum Gasteiger partial charge on any atom is 0.325 e. The molecule has 0 amide bonds. The van der Waals surface area contributed by atoms with Gasteiger partial charge in [-0.25, -0.2) is 4.98 Å². The summed E-state index contributed by atoms with van der Waals surface area (Å²) in [5.41, 5.74) is 4.89. The summed E-state index contributed by atoms with van der Waals surface area (Å²) in [6, 6.07) is 7.29. The molecule has 104 valence electrons. The van der Waals surface area contributed by atoms with Gasteiger partial charge in [-0.05, 0) is 24.5 Å². The van der Waals surface area contributed by atoms with Gasteiger partial charge < -0.3 is 5.11 Å². The van der Waals surface area contributed by atoms with Crippen molar-refractivity contribution >= 4 is 17.3 Å². The lowest BCUT2D eigenvalue weighted by Crippen LogP contribution is -2.39. The maximum absolute atomic E-state index is 11.7. The number of fused-ring (bicyclic) bond motifs is 1. The highest BCUT2D eigenvalue weighted by molar-refractivity contribution is 7.09. The molecule has 1 aromatic carbocycles. The quantitative estimate of drug-likeness (QED) is 0.943. The number of carboxylic acid groups (broad SMARTS) is 1. The molecular formula is C15H16N2O2S. The van der Waals surface area contributed by atoms with Gasteiger partial charge in [0, 0.05) is 18.0 Å². The number of aryl methyl sites for hydroxylation is 1. The molecule has 20 heavy (non-hydrogen) atoms. The number of carbonyl (C=O) groups is 1. The van der Waals surface area contributed by atoms with Crippen LogP contribution in [-0.4, -0.2) is 27.5 Å². The molecule has 1 aliphatic rings. The van der Waals surface area contributed by atoms with E-state index in [1.54, 1.807) is 11.3 Å². The van der Waals surface area contributed by atoms with Crippen molar-refractivity contribution in [1.29, 1.82) is 0 Å². The van der Waals surface area contributed by atoms with Gasteiger partial charge in [-0.2, -0.15) is 0 Å². The molecule has 0 saturated heterocycles. The molecule has 1 atom stereocenters. The number of rotatable bonds is 3. The first-order chi connectivity index (χ1) is 9.66. The standard InChI is InChI=1S/C15H16N2O2S/c1-10-13(20-9-16-10)8-17-7-6-11-4-2-3-5-12(11)14(17)15(18)19/h2-5,9,14H,6-8H2,1H3,(H,18,19). The summed E-state index contributed by atoms with van der Waals surface area (Å²) in [7, 11) is 0. The molecule has 0 fully saturated rings. The van der Waals surface area contributed by atoms with Gasteiger partial charge in [-0.1, -0.05) is 24.3 Å². The minimum Gasteiger partial charge on any atom is -0.480 e. The van der Waals surface area contributed by atoms with Crippen LogP contribution in [0.15, 0.2) is 29.8 Å². The van der Waals surface area contributed by atoms with E-state index < -0.39 is 12.0 Å².